The molecule has 0 radical (unpaired) electrons. The van der Waals surface area contributed by atoms with Crippen LogP contribution in [0.4, 0.5) is 0 Å². The lowest BCUT2D eigenvalue weighted by Gasteiger charge is -2.39. The van der Waals surface area contributed by atoms with E-state index in [1.165, 1.54) is 51.0 Å². The van der Waals surface area contributed by atoms with E-state index in [9.17, 15) is 0 Å². The largest absolute Gasteiger partial charge is 0.377 e. The van der Waals surface area contributed by atoms with E-state index in [4.69, 9.17) is 17.4 Å². The van der Waals surface area contributed by atoms with E-state index >= 15 is 0 Å². The number of hydrogen-bond acceptors (Lipinski definition) is 2. The Morgan fingerprint density at radius 1 is 1.07 bits per heavy atom. The lowest BCUT2D eigenvalue weighted by Crippen LogP contribution is -3.28. The van der Waals surface area contributed by atoms with Gasteiger partial charge in [0.1, 0.15) is 32.7 Å². The maximum atomic E-state index is 6.30. The number of hydrogen-bond donors (Lipinski definition) is 3. The summed E-state index contributed by atoms with van der Waals surface area (Å²) in [6, 6.07) is 10.9. The quantitative estimate of drug-likeness (QED) is 0.600. The van der Waals surface area contributed by atoms with Crippen molar-refractivity contribution in [3.8, 4) is 0 Å². The summed E-state index contributed by atoms with van der Waals surface area (Å²) in [6.07, 6.45) is 4.18. The second-order valence-corrected chi connectivity index (χ2v) is 10.6. The summed E-state index contributed by atoms with van der Waals surface area (Å²) in [6.45, 7) is 15.3. The smallest absolute Gasteiger partial charge is 0.127 e. The number of piperazine rings is 1. The maximum absolute atomic E-state index is 6.30. The first-order valence-corrected chi connectivity index (χ1v) is 11.4. The predicted molar refractivity (Wildman–Crippen MR) is 116 cm³/mol. The predicted octanol–water partition coefficient (Wildman–Crippen LogP) is 1.50. The third kappa shape index (κ3) is 7.08. The number of thiol groups is 1. The van der Waals surface area contributed by atoms with E-state index in [1.807, 2.05) is 0 Å². The van der Waals surface area contributed by atoms with Gasteiger partial charge in [-0.05, 0) is 30.6 Å². The first-order valence-electron chi connectivity index (χ1n) is 10.9. The summed E-state index contributed by atoms with van der Waals surface area (Å²) >= 11 is 4.86. The van der Waals surface area contributed by atoms with Crippen molar-refractivity contribution in [2.45, 2.75) is 57.9 Å². The summed E-state index contributed by atoms with van der Waals surface area (Å²) in [7, 11) is 0. The average Bonchev–Trinajstić information content (AvgIpc) is 2.61. The van der Waals surface area contributed by atoms with Crippen LogP contribution in [-0.2, 0) is 11.3 Å². The van der Waals surface area contributed by atoms with E-state index in [-0.39, 0.29) is 0 Å². The van der Waals surface area contributed by atoms with Gasteiger partial charge in [-0.2, -0.15) is 12.6 Å². The zero-order valence-corrected chi connectivity index (χ0v) is 18.4. The molecule has 27 heavy (non-hydrogen) atoms. The van der Waals surface area contributed by atoms with E-state index in [2.05, 4.69) is 51.1 Å². The van der Waals surface area contributed by atoms with Crippen LogP contribution in [0, 0.1) is 11.3 Å². The molecule has 1 aliphatic heterocycles. The zero-order chi connectivity index (χ0) is 19.3. The van der Waals surface area contributed by atoms with Crippen molar-refractivity contribution in [3.63, 3.8) is 0 Å². The molecule has 1 saturated carbocycles. The zero-order valence-electron chi connectivity index (χ0n) is 17.5. The number of ether oxygens (including phenoxy) is 1. The summed E-state index contributed by atoms with van der Waals surface area (Å²) in [5, 5.41) is 0.357. The normalized spacial score (nSPS) is 32.1. The topological polar surface area (TPSA) is 18.1 Å². The Kier molecular flexibility index (Phi) is 7.66. The average molecular weight is 393 g/mol. The van der Waals surface area contributed by atoms with Crippen molar-refractivity contribution in [3.05, 3.63) is 35.9 Å². The second kappa shape index (κ2) is 9.78. The molecule has 0 bridgehead atoms. The lowest BCUT2D eigenvalue weighted by atomic mass is 9.71. The van der Waals surface area contributed by atoms with E-state index < -0.39 is 0 Å². The monoisotopic (exact) mass is 392 g/mol. The Bertz CT molecular complexity index is 557. The van der Waals surface area contributed by atoms with Crippen LogP contribution in [0.25, 0.3) is 0 Å². The third-order valence-corrected chi connectivity index (χ3v) is 6.69. The second-order valence-electron chi connectivity index (χ2n) is 9.89. The molecule has 1 aromatic carbocycles. The van der Waals surface area contributed by atoms with Gasteiger partial charge in [-0.3, -0.25) is 0 Å². The van der Waals surface area contributed by atoms with Gasteiger partial charge in [0, 0.05) is 5.56 Å². The van der Waals surface area contributed by atoms with Crippen molar-refractivity contribution in [2.75, 3.05) is 39.3 Å². The Labute approximate surface area is 171 Å². The maximum Gasteiger partial charge on any atom is 0.127 e. The molecular weight excluding hydrogens is 352 g/mol. The fourth-order valence-corrected chi connectivity index (χ4v) is 5.59. The van der Waals surface area contributed by atoms with Crippen LogP contribution in [0.3, 0.4) is 0 Å². The molecule has 152 valence electrons. The van der Waals surface area contributed by atoms with Crippen LogP contribution in [-0.4, -0.2) is 50.7 Å². The summed E-state index contributed by atoms with van der Waals surface area (Å²) in [5.41, 5.74) is 1.89. The molecule has 3 nitrogen and oxygen atoms in total. The molecular formula is C23H40N2OS+2. The van der Waals surface area contributed by atoms with E-state index in [0.29, 0.717) is 16.8 Å². The molecule has 1 aromatic rings. The fraction of sp³-hybridized carbons (Fsp3) is 0.739. The van der Waals surface area contributed by atoms with Gasteiger partial charge in [0.2, 0.25) is 0 Å². The molecule has 4 heteroatoms. The Morgan fingerprint density at radius 3 is 2.41 bits per heavy atom. The summed E-state index contributed by atoms with van der Waals surface area (Å²) in [5.74, 6) is 0.781. The first-order chi connectivity index (χ1) is 12.9. The molecule has 3 rings (SSSR count). The van der Waals surface area contributed by atoms with Crippen LogP contribution < -0.4 is 9.80 Å². The molecule has 1 saturated heterocycles. The van der Waals surface area contributed by atoms with Crippen LogP contribution >= 0.6 is 12.6 Å². The van der Waals surface area contributed by atoms with E-state index in [1.54, 1.807) is 9.80 Å². The highest BCUT2D eigenvalue weighted by molar-refractivity contribution is 7.81. The van der Waals surface area contributed by atoms with Crippen molar-refractivity contribution in [1.29, 1.82) is 0 Å². The van der Waals surface area contributed by atoms with Gasteiger partial charge in [-0.25, -0.2) is 0 Å². The first kappa shape index (κ1) is 21.2. The molecule has 1 aliphatic carbocycles. The number of benzene rings is 1. The summed E-state index contributed by atoms with van der Waals surface area (Å²) < 4.78 is 6.30. The van der Waals surface area contributed by atoms with Gasteiger partial charge in [-0.15, -0.1) is 0 Å². The molecule has 0 amide bonds. The fourth-order valence-electron chi connectivity index (χ4n) is 5.25. The SMILES string of the molecule is C[C@H]1C[C@H](OC[C@H](S)C[NH+]2CC[NH+](Cc3ccccc3)CC2)CC(C)(C)C1. The number of nitrogens with one attached hydrogen (secondary N) is 2. The Hall–Kier alpha value is -0.550. The van der Waals surface area contributed by atoms with Crippen LogP contribution in [0.15, 0.2) is 30.3 Å². The highest BCUT2D eigenvalue weighted by Gasteiger charge is 2.33. The van der Waals surface area contributed by atoms with Crippen LogP contribution in [0.2, 0.25) is 0 Å². The third-order valence-electron chi connectivity index (χ3n) is 6.36. The van der Waals surface area contributed by atoms with Crippen molar-refractivity contribution in [1.82, 2.24) is 0 Å². The molecule has 2 fully saturated rings. The van der Waals surface area contributed by atoms with Gasteiger partial charge in [0.05, 0.1) is 24.5 Å². The number of quaternary nitrogens is 2. The molecule has 3 atom stereocenters. The highest BCUT2D eigenvalue weighted by Crippen LogP contribution is 2.39. The van der Waals surface area contributed by atoms with Gasteiger partial charge in [0.15, 0.2) is 0 Å². The van der Waals surface area contributed by atoms with Gasteiger partial charge >= 0.3 is 0 Å². The minimum absolute atomic E-state index is 0.357. The van der Waals surface area contributed by atoms with Crippen molar-refractivity contribution < 1.29 is 14.5 Å². The van der Waals surface area contributed by atoms with Gasteiger partial charge < -0.3 is 14.5 Å². The number of rotatable bonds is 7. The van der Waals surface area contributed by atoms with Crippen LogP contribution in [0.5, 0.6) is 0 Å². The molecule has 2 N–H and O–H groups in total. The minimum atomic E-state index is 0.357. The standard InChI is InChI=1S/C23H38N2OS/c1-19-13-21(15-23(2,3)14-19)26-18-22(27)17-25-11-9-24(10-12-25)16-20-7-5-4-6-8-20/h4-8,19,21-22,27H,9-18H2,1-3H3/p+2/t19-,21-,22+/m0/s1. The van der Waals surface area contributed by atoms with E-state index in [0.717, 1.165) is 25.6 Å². The van der Waals surface area contributed by atoms with Gasteiger partial charge in [-0.1, -0.05) is 51.1 Å². The Balaban J connectivity index is 1.34. The molecule has 0 unspecified atom stereocenters. The molecule has 1 heterocycles. The van der Waals surface area contributed by atoms with Gasteiger partial charge in [0.25, 0.3) is 0 Å². The molecule has 0 spiro atoms. The molecule has 0 aromatic heterocycles. The summed E-state index contributed by atoms with van der Waals surface area (Å²) in [4.78, 5) is 3.42. The molecule has 2 aliphatic rings. The van der Waals surface area contributed by atoms with Crippen molar-refractivity contribution >= 4 is 12.6 Å². The van der Waals surface area contributed by atoms with Crippen LogP contribution in [0.1, 0.15) is 45.6 Å². The minimum Gasteiger partial charge on any atom is -0.377 e. The Morgan fingerprint density at radius 2 is 1.74 bits per heavy atom. The van der Waals surface area contributed by atoms with Crippen molar-refractivity contribution in [2.24, 2.45) is 11.3 Å². The highest BCUT2D eigenvalue weighted by atomic mass is 32.1. The lowest BCUT2D eigenvalue weighted by molar-refractivity contribution is -1.02.